The summed E-state index contributed by atoms with van der Waals surface area (Å²) >= 11 is 0. The standard InChI is InChI=1S/C20H31NO2/c1-6-15-12-13-17(19(22)23-20(3,4)5)18(15)21-14(2)16-10-8-7-9-11-16/h7-11,14-15,17-18,21H,6,12-13H2,1-5H3/t14-,15+,17+,18-/m1/s1. The van der Waals surface area contributed by atoms with Crippen molar-refractivity contribution in [3.8, 4) is 0 Å². The van der Waals surface area contributed by atoms with Crippen molar-refractivity contribution in [3.63, 3.8) is 0 Å². The smallest absolute Gasteiger partial charge is 0.311 e. The van der Waals surface area contributed by atoms with Crippen molar-refractivity contribution in [1.82, 2.24) is 5.32 Å². The first-order chi connectivity index (χ1) is 10.8. The third-order valence-electron chi connectivity index (χ3n) is 4.77. The maximum absolute atomic E-state index is 12.6. The fraction of sp³-hybridized carbons (Fsp3) is 0.650. The van der Waals surface area contributed by atoms with E-state index in [1.54, 1.807) is 0 Å². The summed E-state index contributed by atoms with van der Waals surface area (Å²) in [5, 5.41) is 3.71. The predicted molar refractivity (Wildman–Crippen MR) is 94.1 cm³/mol. The molecule has 1 fully saturated rings. The molecule has 1 aromatic carbocycles. The van der Waals surface area contributed by atoms with Gasteiger partial charge in [0.1, 0.15) is 5.60 Å². The zero-order chi connectivity index (χ0) is 17.0. The molecule has 0 unspecified atom stereocenters. The molecule has 0 aromatic heterocycles. The van der Waals surface area contributed by atoms with E-state index in [0.29, 0.717) is 5.92 Å². The van der Waals surface area contributed by atoms with Crippen molar-refractivity contribution < 1.29 is 9.53 Å². The molecule has 0 amide bonds. The molecule has 0 spiro atoms. The highest BCUT2D eigenvalue weighted by atomic mass is 16.6. The minimum atomic E-state index is -0.420. The Morgan fingerprint density at radius 2 is 1.91 bits per heavy atom. The number of hydrogen-bond acceptors (Lipinski definition) is 3. The average Bonchev–Trinajstić information content (AvgIpc) is 2.89. The lowest BCUT2D eigenvalue weighted by atomic mass is 9.93. The van der Waals surface area contributed by atoms with E-state index in [9.17, 15) is 4.79 Å². The number of benzene rings is 1. The van der Waals surface area contributed by atoms with Crippen LogP contribution in [0.4, 0.5) is 0 Å². The fourth-order valence-electron chi connectivity index (χ4n) is 3.56. The van der Waals surface area contributed by atoms with Crippen LogP contribution in [0.2, 0.25) is 0 Å². The average molecular weight is 317 g/mol. The van der Waals surface area contributed by atoms with E-state index in [-0.39, 0.29) is 24.0 Å². The van der Waals surface area contributed by atoms with Crippen LogP contribution in [-0.2, 0) is 9.53 Å². The summed E-state index contributed by atoms with van der Waals surface area (Å²) in [5.74, 6) is 0.454. The van der Waals surface area contributed by atoms with Gasteiger partial charge in [0.15, 0.2) is 0 Å². The van der Waals surface area contributed by atoms with Gasteiger partial charge in [0, 0.05) is 12.1 Å². The van der Waals surface area contributed by atoms with Gasteiger partial charge >= 0.3 is 5.97 Å². The second-order valence-corrected chi connectivity index (χ2v) is 7.71. The molecule has 0 saturated heterocycles. The molecular weight excluding hydrogens is 286 g/mol. The highest BCUT2D eigenvalue weighted by Crippen LogP contribution is 2.36. The molecule has 1 saturated carbocycles. The third kappa shape index (κ3) is 4.81. The number of nitrogens with one attached hydrogen (secondary N) is 1. The lowest BCUT2D eigenvalue weighted by Gasteiger charge is -2.30. The predicted octanol–water partition coefficient (Wildman–Crippen LogP) is 4.48. The van der Waals surface area contributed by atoms with E-state index in [1.165, 1.54) is 5.56 Å². The Morgan fingerprint density at radius 1 is 1.26 bits per heavy atom. The van der Waals surface area contributed by atoms with Crippen LogP contribution >= 0.6 is 0 Å². The second kappa shape index (κ2) is 7.48. The molecule has 1 N–H and O–H groups in total. The summed E-state index contributed by atoms with van der Waals surface area (Å²) in [6.07, 6.45) is 3.12. The molecule has 0 aliphatic heterocycles. The van der Waals surface area contributed by atoms with Crippen LogP contribution in [0.25, 0.3) is 0 Å². The zero-order valence-corrected chi connectivity index (χ0v) is 15.1. The van der Waals surface area contributed by atoms with Crippen LogP contribution in [0.15, 0.2) is 30.3 Å². The van der Waals surface area contributed by atoms with Gasteiger partial charge in [-0.3, -0.25) is 4.79 Å². The summed E-state index contributed by atoms with van der Waals surface area (Å²) in [6.45, 7) is 10.2. The lowest BCUT2D eigenvalue weighted by Crippen LogP contribution is -2.43. The molecule has 128 valence electrons. The molecule has 0 heterocycles. The minimum absolute atomic E-state index is 0.0367. The first kappa shape index (κ1) is 18.0. The largest absolute Gasteiger partial charge is 0.460 e. The first-order valence-corrected chi connectivity index (χ1v) is 8.85. The molecule has 23 heavy (non-hydrogen) atoms. The summed E-state index contributed by atoms with van der Waals surface area (Å²) < 4.78 is 5.65. The number of rotatable bonds is 5. The normalized spacial score (nSPS) is 26.0. The number of carbonyl (C=O) groups excluding carboxylic acids is 1. The second-order valence-electron chi connectivity index (χ2n) is 7.71. The van der Waals surface area contributed by atoms with Gasteiger partial charge in [-0.15, -0.1) is 0 Å². The van der Waals surface area contributed by atoms with Gasteiger partial charge in [-0.2, -0.15) is 0 Å². The van der Waals surface area contributed by atoms with Gasteiger partial charge in [0.25, 0.3) is 0 Å². The zero-order valence-electron chi connectivity index (χ0n) is 15.1. The number of ether oxygens (including phenoxy) is 1. The van der Waals surface area contributed by atoms with Gasteiger partial charge < -0.3 is 10.1 Å². The molecular formula is C20H31NO2. The number of carbonyl (C=O) groups is 1. The molecule has 0 radical (unpaired) electrons. The van der Waals surface area contributed by atoms with Gasteiger partial charge in [0.2, 0.25) is 0 Å². The van der Waals surface area contributed by atoms with Crippen LogP contribution in [0.3, 0.4) is 0 Å². The fourth-order valence-corrected chi connectivity index (χ4v) is 3.56. The van der Waals surface area contributed by atoms with Crippen LogP contribution in [-0.4, -0.2) is 17.6 Å². The van der Waals surface area contributed by atoms with Gasteiger partial charge in [-0.1, -0.05) is 43.7 Å². The van der Waals surface area contributed by atoms with E-state index in [1.807, 2.05) is 26.8 Å². The van der Waals surface area contributed by atoms with Crippen molar-refractivity contribution >= 4 is 5.97 Å². The topological polar surface area (TPSA) is 38.3 Å². The Hall–Kier alpha value is -1.35. The van der Waals surface area contributed by atoms with Crippen LogP contribution in [0.1, 0.15) is 65.5 Å². The molecule has 1 aliphatic carbocycles. The minimum Gasteiger partial charge on any atom is -0.460 e. The first-order valence-electron chi connectivity index (χ1n) is 8.85. The molecule has 1 aliphatic rings. The lowest BCUT2D eigenvalue weighted by molar-refractivity contribution is -0.160. The number of esters is 1. The van der Waals surface area contributed by atoms with E-state index in [0.717, 1.165) is 19.3 Å². The summed E-state index contributed by atoms with van der Waals surface area (Å²) in [4.78, 5) is 12.6. The highest BCUT2D eigenvalue weighted by Gasteiger charge is 2.41. The Balaban J connectivity index is 2.09. The van der Waals surface area contributed by atoms with E-state index in [4.69, 9.17) is 4.74 Å². The van der Waals surface area contributed by atoms with Crippen molar-refractivity contribution in [1.29, 1.82) is 0 Å². The van der Waals surface area contributed by atoms with Gasteiger partial charge in [-0.25, -0.2) is 0 Å². The molecule has 3 nitrogen and oxygen atoms in total. The number of hydrogen-bond donors (Lipinski definition) is 1. The van der Waals surface area contributed by atoms with E-state index < -0.39 is 5.60 Å². The van der Waals surface area contributed by atoms with Crippen molar-refractivity contribution in [2.75, 3.05) is 0 Å². The summed E-state index contributed by atoms with van der Waals surface area (Å²) in [7, 11) is 0. The SMILES string of the molecule is CC[C@H]1CC[C@H](C(=O)OC(C)(C)C)[C@@H]1N[C@H](C)c1ccccc1. The third-order valence-corrected chi connectivity index (χ3v) is 4.77. The quantitative estimate of drug-likeness (QED) is 0.814. The van der Waals surface area contributed by atoms with Crippen LogP contribution in [0.5, 0.6) is 0 Å². The monoisotopic (exact) mass is 317 g/mol. The molecule has 4 atom stereocenters. The van der Waals surface area contributed by atoms with E-state index in [2.05, 4.69) is 43.4 Å². The van der Waals surface area contributed by atoms with Gasteiger partial charge in [0.05, 0.1) is 5.92 Å². The maximum atomic E-state index is 12.6. The van der Waals surface area contributed by atoms with Crippen LogP contribution in [0, 0.1) is 11.8 Å². The Kier molecular flexibility index (Phi) is 5.85. The highest BCUT2D eigenvalue weighted by molar-refractivity contribution is 5.74. The Labute approximate surface area is 140 Å². The Bertz CT molecular complexity index is 506. The van der Waals surface area contributed by atoms with Gasteiger partial charge in [-0.05, 0) is 52.0 Å². The maximum Gasteiger partial charge on any atom is 0.311 e. The Morgan fingerprint density at radius 3 is 2.48 bits per heavy atom. The van der Waals surface area contributed by atoms with Crippen molar-refractivity contribution in [3.05, 3.63) is 35.9 Å². The summed E-state index contributed by atoms with van der Waals surface area (Å²) in [5.41, 5.74) is 0.842. The molecule has 3 heteroatoms. The summed E-state index contributed by atoms with van der Waals surface area (Å²) in [6, 6.07) is 10.9. The van der Waals surface area contributed by atoms with E-state index >= 15 is 0 Å². The van der Waals surface area contributed by atoms with Crippen molar-refractivity contribution in [2.45, 2.75) is 71.6 Å². The molecule has 1 aromatic rings. The van der Waals surface area contributed by atoms with Crippen LogP contribution < -0.4 is 5.32 Å². The molecule has 0 bridgehead atoms. The van der Waals surface area contributed by atoms with Crippen molar-refractivity contribution in [2.24, 2.45) is 11.8 Å². The molecule has 2 rings (SSSR count).